The van der Waals surface area contributed by atoms with Gasteiger partial charge in [0.25, 0.3) is 5.91 Å². The van der Waals surface area contributed by atoms with Gasteiger partial charge in [0, 0.05) is 36.3 Å². The molecule has 1 saturated carbocycles. The molecule has 36 heavy (non-hydrogen) atoms. The first-order chi connectivity index (χ1) is 17.4. The van der Waals surface area contributed by atoms with Crippen molar-refractivity contribution in [3.05, 3.63) is 65.0 Å². The second-order valence-corrected chi connectivity index (χ2v) is 9.89. The molecule has 2 aliphatic heterocycles. The highest BCUT2D eigenvalue weighted by Crippen LogP contribution is 2.33. The normalized spacial score (nSPS) is 21.4. The maximum atomic E-state index is 12.9. The molecule has 6 rings (SSSR count). The minimum atomic E-state index is -0.778. The lowest BCUT2D eigenvalue weighted by Gasteiger charge is -2.30. The summed E-state index contributed by atoms with van der Waals surface area (Å²) in [6, 6.07) is 13.7. The average Bonchev–Trinajstić information content (AvgIpc) is 3.68. The molecular formula is C27H26N6O3. The zero-order chi connectivity index (χ0) is 24.9. The van der Waals surface area contributed by atoms with E-state index in [-0.39, 0.29) is 18.5 Å². The standard InChI is InChI=1S/C27H26N6O3/c1-27(15-28)16-36-14-19-3-2-17(10-22(19)27)25(34)30-13-20-11-23-18(12-29-20)4-7-24(31-23)33-9-8-32(26(33)35)21-5-6-21/h2-4,7,10-12,21H,5-6,8-9,13-14,16H2,1H3,(H,30,34)/t27-/m1/s1. The minimum absolute atomic E-state index is 0.0231. The van der Waals surface area contributed by atoms with Crippen LogP contribution >= 0.6 is 0 Å². The highest BCUT2D eigenvalue weighted by Gasteiger charge is 2.40. The molecular weight excluding hydrogens is 456 g/mol. The number of rotatable bonds is 5. The molecule has 9 nitrogen and oxygen atoms in total. The molecule has 1 aliphatic carbocycles. The Kier molecular flexibility index (Phi) is 5.34. The number of fused-ring (bicyclic) bond motifs is 2. The number of aromatic nitrogens is 2. The molecule has 4 heterocycles. The first-order valence-corrected chi connectivity index (χ1v) is 12.2. The van der Waals surface area contributed by atoms with Crippen molar-refractivity contribution in [1.82, 2.24) is 20.2 Å². The Labute approximate surface area is 208 Å². The summed E-state index contributed by atoms with van der Waals surface area (Å²) in [5.41, 5.74) is 2.87. The van der Waals surface area contributed by atoms with Gasteiger partial charge in [-0.1, -0.05) is 6.07 Å². The van der Waals surface area contributed by atoms with Crippen LogP contribution in [0.1, 0.15) is 46.9 Å². The molecule has 2 aromatic heterocycles. The maximum Gasteiger partial charge on any atom is 0.326 e. The van der Waals surface area contributed by atoms with Gasteiger partial charge in [0.15, 0.2) is 0 Å². The third-order valence-electron chi connectivity index (χ3n) is 7.21. The van der Waals surface area contributed by atoms with Crippen LogP contribution in [0.2, 0.25) is 0 Å². The molecule has 3 aromatic rings. The van der Waals surface area contributed by atoms with Crippen LogP contribution in [-0.2, 0) is 23.3 Å². The minimum Gasteiger partial charge on any atom is -0.375 e. The van der Waals surface area contributed by atoms with Crippen LogP contribution in [0.3, 0.4) is 0 Å². The number of ether oxygens (including phenoxy) is 1. The predicted molar refractivity (Wildman–Crippen MR) is 132 cm³/mol. The number of pyridine rings is 2. The van der Waals surface area contributed by atoms with E-state index in [1.807, 2.05) is 36.1 Å². The zero-order valence-corrected chi connectivity index (χ0v) is 20.0. The predicted octanol–water partition coefficient (Wildman–Crippen LogP) is 3.28. The van der Waals surface area contributed by atoms with Gasteiger partial charge in [0.1, 0.15) is 11.2 Å². The Balaban J connectivity index is 1.18. The van der Waals surface area contributed by atoms with Crippen molar-refractivity contribution >= 4 is 28.7 Å². The SMILES string of the molecule is C[C@@]1(C#N)COCc2ccc(C(=O)NCc3cc4nc(N5CCN(C6CC6)C5=O)ccc4cn3)cc21. The molecule has 1 N–H and O–H groups in total. The number of anilines is 1. The molecule has 182 valence electrons. The summed E-state index contributed by atoms with van der Waals surface area (Å²) >= 11 is 0. The van der Waals surface area contributed by atoms with E-state index in [1.165, 1.54) is 0 Å². The van der Waals surface area contributed by atoms with Crippen molar-refractivity contribution in [3.8, 4) is 6.07 Å². The number of carbonyl (C=O) groups excluding carboxylic acids is 2. The summed E-state index contributed by atoms with van der Waals surface area (Å²) in [5.74, 6) is 0.395. The van der Waals surface area contributed by atoms with Gasteiger partial charge in [-0.05, 0) is 61.2 Å². The lowest BCUT2D eigenvalue weighted by atomic mass is 9.79. The van der Waals surface area contributed by atoms with Crippen LogP contribution in [0, 0.1) is 11.3 Å². The van der Waals surface area contributed by atoms with E-state index in [1.54, 1.807) is 23.2 Å². The first kappa shape index (κ1) is 22.4. The Morgan fingerprint density at radius 3 is 2.92 bits per heavy atom. The summed E-state index contributed by atoms with van der Waals surface area (Å²) in [6.45, 7) is 4.17. The van der Waals surface area contributed by atoms with Crippen molar-refractivity contribution in [1.29, 1.82) is 5.26 Å². The Morgan fingerprint density at radius 1 is 1.25 bits per heavy atom. The summed E-state index contributed by atoms with van der Waals surface area (Å²) in [6.07, 6.45) is 3.90. The van der Waals surface area contributed by atoms with Crippen molar-refractivity contribution in [3.63, 3.8) is 0 Å². The molecule has 0 unspecified atom stereocenters. The van der Waals surface area contributed by atoms with E-state index in [9.17, 15) is 14.9 Å². The monoisotopic (exact) mass is 482 g/mol. The lowest BCUT2D eigenvalue weighted by Crippen LogP contribution is -2.33. The number of carbonyl (C=O) groups is 2. The van der Waals surface area contributed by atoms with Gasteiger partial charge >= 0.3 is 6.03 Å². The van der Waals surface area contributed by atoms with Crippen LogP contribution < -0.4 is 10.2 Å². The summed E-state index contributed by atoms with van der Waals surface area (Å²) in [4.78, 5) is 38.5. The van der Waals surface area contributed by atoms with Crippen molar-refractivity contribution < 1.29 is 14.3 Å². The van der Waals surface area contributed by atoms with Crippen LogP contribution in [0.4, 0.5) is 10.6 Å². The van der Waals surface area contributed by atoms with Crippen LogP contribution in [0.15, 0.2) is 42.6 Å². The summed E-state index contributed by atoms with van der Waals surface area (Å²) in [7, 11) is 0. The fourth-order valence-corrected chi connectivity index (χ4v) is 4.95. The van der Waals surface area contributed by atoms with Crippen molar-refractivity contribution in [2.75, 3.05) is 24.6 Å². The van der Waals surface area contributed by atoms with Crippen LogP contribution in [0.25, 0.3) is 10.9 Å². The number of hydrogen-bond donors (Lipinski definition) is 1. The Morgan fingerprint density at radius 2 is 2.11 bits per heavy atom. The molecule has 1 atom stereocenters. The van der Waals surface area contributed by atoms with E-state index in [0.29, 0.717) is 42.9 Å². The average molecular weight is 483 g/mol. The van der Waals surface area contributed by atoms with Crippen LogP contribution in [0.5, 0.6) is 0 Å². The van der Waals surface area contributed by atoms with Gasteiger partial charge in [-0.3, -0.25) is 14.7 Å². The molecule has 1 saturated heterocycles. The lowest BCUT2D eigenvalue weighted by molar-refractivity contribution is 0.0757. The second-order valence-electron chi connectivity index (χ2n) is 9.89. The van der Waals surface area contributed by atoms with E-state index in [2.05, 4.69) is 16.4 Å². The number of amides is 3. The third kappa shape index (κ3) is 3.93. The Bertz CT molecular complexity index is 1430. The topological polar surface area (TPSA) is 111 Å². The molecule has 0 spiro atoms. The van der Waals surface area contributed by atoms with Gasteiger partial charge in [-0.15, -0.1) is 0 Å². The third-order valence-corrected chi connectivity index (χ3v) is 7.21. The highest BCUT2D eigenvalue weighted by atomic mass is 16.5. The second kappa shape index (κ2) is 8.57. The maximum absolute atomic E-state index is 12.9. The number of urea groups is 1. The molecule has 3 aliphatic rings. The summed E-state index contributed by atoms with van der Waals surface area (Å²) < 4.78 is 5.55. The van der Waals surface area contributed by atoms with Gasteiger partial charge in [-0.2, -0.15) is 5.26 Å². The number of nitrogens with one attached hydrogen (secondary N) is 1. The first-order valence-electron chi connectivity index (χ1n) is 12.2. The van der Waals surface area contributed by atoms with E-state index in [4.69, 9.17) is 9.72 Å². The number of nitrogens with zero attached hydrogens (tertiary/aromatic N) is 5. The Hall–Kier alpha value is -4.03. The smallest absolute Gasteiger partial charge is 0.326 e. The van der Waals surface area contributed by atoms with Crippen LogP contribution in [-0.4, -0.2) is 52.5 Å². The molecule has 1 aromatic carbocycles. The molecule has 9 heteroatoms. The molecule has 0 bridgehead atoms. The van der Waals surface area contributed by atoms with E-state index in [0.717, 1.165) is 41.4 Å². The zero-order valence-electron chi connectivity index (χ0n) is 20.0. The van der Waals surface area contributed by atoms with Crippen molar-refractivity contribution in [2.45, 2.75) is 44.4 Å². The van der Waals surface area contributed by atoms with E-state index < -0.39 is 5.41 Å². The molecule has 3 amide bonds. The summed E-state index contributed by atoms with van der Waals surface area (Å²) in [5, 5.41) is 13.4. The van der Waals surface area contributed by atoms with Gasteiger partial charge in [-0.25, -0.2) is 9.78 Å². The molecule has 0 radical (unpaired) electrons. The van der Waals surface area contributed by atoms with Crippen molar-refractivity contribution in [2.24, 2.45) is 0 Å². The largest absolute Gasteiger partial charge is 0.375 e. The quantitative estimate of drug-likeness (QED) is 0.597. The van der Waals surface area contributed by atoms with Gasteiger partial charge in [0.05, 0.1) is 37.0 Å². The number of nitriles is 1. The number of benzene rings is 1. The van der Waals surface area contributed by atoms with Gasteiger partial charge in [0.2, 0.25) is 0 Å². The van der Waals surface area contributed by atoms with E-state index >= 15 is 0 Å². The molecule has 2 fully saturated rings. The fourth-order valence-electron chi connectivity index (χ4n) is 4.95. The highest BCUT2D eigenvalue weighted by molar-refractivity contribution is 5.95. The fraction of sp³-hybridized carbons (Fsp3) is 0.370. The van der Waals surface area contributed by atoms with Gasteiger partial charge < -0.3 is 15.0 Å². The number of hydrogen-bond acceptors (Lipinski definition) is 6.